The van der Waals surface area contributed by atoms with E-state index in [-0.39, 0.29) is 35.5 Å². The molecule has 1 aliphatic rings. The summed E-state index contributed by atoms with van der Waals surface area (Å²) in [4.78, 5) is 26.8. The van der Waals surface area contributed by atoms with E-state index in [1.54, 1.807) is 11.0 Å². The number of thioether (sulfide) groups is 1. The molecule has 0 fully saturated rings. The van der Waals surface area contributed by atoms with E-state index in [1.165, 1.54) is 23.9 Å². The quantitative estimate of drug-likeness (QED) is 0.893. The third-order valence-corrected chi connectivity index (χ3v) is 4.94. The molecule has 1 heterocycles. The molecule has 7 heteroatoms. The Morgan fingerprint density at radius 2 is 2.04 bits per heavy atom. The van der Waals surface area contributed by atoms with Crippen LogP contribution in [-0.4, -0.2) is 24.1 Å². The highest BCUT2D eigenvalue weighted by Crippen LogP contribution is 2.34. The summed E-state index contributed by atoms with van der Waals surface area (Å²) >= 11 is 7.17. The van der Waals surface area contributed by atoms with Crippen molar-refractivity contribution in [2.75, 3.05) is 22.5 Å². The van der Waals surface area contributed by atoms with Crippen molar-refractivity contribution in [3.05, 3.63) is 53.3 Å². The van der Waals surface area contributed by atoms with E-state index in [1.807, 2.05) is 24.3 Å². The van der Waals surface area contributed by atoms with Crippen LogP contribution in [0.2, 0.25) is 5.02 Å². The minimum Gasteiger partial charge on any atom is -0.323 e. The van der Waals surface area contributed by atoms with Crippen LogP contribution in [0.5, 0.6) is 0 Å². The van der Waals surface area contributed by atoms with Crippen molar-refractivity contribution in [2.24, 2.45) is 0 Å². The number of rotatable bonds is 4. The summed E-state index contributed by atoms with van der Waals surface area (Å²) in [5.74, 6) is -0.731. The number of para-hydroxylation sites is 1. The van der Waals surface area contributed by atoms with Crippen LogP contribution >= 0.6 is 23.4 Å². The number of nitrogens with one attached hydrogen (secondary N) is 1. The van der Waals surface area contributed by atoms with Gasteiger partial charge in [0, 0.05) is 17.9 Å². The van der Waals surface area contributed by atoms with Gasteiger partial charge >= 0.3 is 0 Å². The van der Waals surface area contributed by atoms with Gasteiger partial charge in [0.1, 0.15) is 0 Å². The number of benzene rings is 2. The molecule has 0 radical (unpaired) electrons. The van der Waals surface area contributed by atoms with Crippen molar-refractivity contribution in [3.63, 3.8) is 0 Å². The number of carbonyl (C=O) groups excluding carboxylic acids is 2. The third kappa shape index (κ3) is 3.55. The van der Waals surface area contributed by atoms with Gasteiger partial charge in [0.05, 0.1) is 22.2 Å². The van der Waals surface area contributed by atoms with Crippen molar-refractivity contribution < 1.29 is 14.0 Å². The summed E-state index contributed by atoms with van der Waals surface area (Å²) in [5, 5.41) is 2.44. The highest BCUT2D eigenvalue weighted by molar-refractivity contribution is 8.00. The lowest BCUT2D eigenvalue weighted by atomic mass is 10.2. The van der Waals surface area contributed by atoms with Gasteiger partial charge in [-0.3, -0.25) is 9.59 Å². The summed E-state index contributed by atoms with van der Waals surface area (Å²) in [5.41, 5.74) is 0.842. The Balaban J connectivity index is 1.66. The Morgan fingerprint density at radius 3 is 2.88 bits per heavy atom. The summed E-state index contributed by atoms with van der Waals surface area (Å²) in [6.07, 6.45) is 0.0662. The average Bonchev–Trinajstić information content (AvgIpc) is 2.58. The van der Waals surface area contributed by atoms with Gasteiger partial charge in [-0.05, 0) is 24.3 Å². The van der Waals surface area contributed by atoms with Gasteiger partial charge in [-0.2, -0.15) is 0 Å². The van der Waals surface area contributed by atoms with E-state index in [0.717, 1.165) is 10.6 Å². The lowest BCUT2D eigenvalue weighted by Crippen LogP contribution is -2.37. The molecule has 0 unspecified atom stereocenters. The SMILES string of the molecule is O=C(CCN1C(=O)CSc2ccccc21)Nc1cccc(Cl)c1F. The number of amides is 2. The first kappa shape index (κ1) is 16.8. The highest BCUT2D eigenvalue weighted by Gasteiger charge is 2.24. The standard InChI is InChI=1S/C17H14ClFN2O2S/c18-11-4-3-5-12(17(11)19)20-15(22)8-9-21-13-6-1-2-7-14(13)24-10-16(21)23/h1-7H,8-10H2,(H,20,22). The van der Waals surface area contributed by atoms with Crippen LogP contribution in [0.1, 0.15) is 6.42 Å². The zero-order valence-electron chi connectivity index (χ0n) is 12.6. The highest BCUT2D eigenvalue weighted by atomic mass is 35.5. The molecule has 24 heavy (non-hydrogen) atoms. The summed E-state index contributed by atoms with van der Waals surface area (Å²) in [7, 11) is 0. The number of fused-ring (bicyclic) bond motifs is 1. The normalized spacial score (nSPS) is 13.6. The van der Waals surface area contributed by atoms with Crippen LogP contribution < -0.4 is 10.2 Å². The summed E-state index contributed by atoms with van der Waals surface area (Å²) < 4.78 is 13.8. The predicted molar refractivity (Wildman–Crippen MR) is 94.2 cm³/mol. The minimum atomic E-state index is -0.664. The van der Waals surface area contributed by atoms with E-state index in [2.05, 4.69) is 5.32 Å². The van der Waals surface area contributed by atoms with Gasteiger partial charge < -0.3 is 10.2 Å². The number of halogens is 2. The summed E-state index contributed by atoms with van der Waals surface area (Å²) in [6, 6.07) is 12.0. The Labute approximate surface area is 148 Å². The van der Waals surface area contributed by atoms with Gasteiger partial charge in [-0.1, -0.05) is 29.8 Å². The van der Waals surface area contributed by atoms with Crippen molar-refractivity contribution >= 4 is 46.6 Å². The molecule has 0 spiro atoms. The Hall–Kier alpha value is -2.05. The first-order valence-corrected chi connectivity index (χ1v) is 8.68. The van der Waals surface area contributed by atoms with Gasteiger partial charge in [-0.15, -0.1) is 11.8 Å². The van der Waals surface area contributed by atoms with E-state index < -0.39 is 5.82 Å². The molecule has 0 saturated heterocycles. The fourth-order valence-corrected chi connectivity index (χ4v) is 3.54. The predicted octanol–water partition coefficient (Wildman–Crippen LogP) is 3.95. The Morgan fingerprint density at radius 1 is 1.25 bits per heavy atom. The molecular weight excluding hydrogens is 351 g/mol. The molecule has 0 atom stereocenters. The molecule has 4 nitrogen and oxygen atoms in total. The van der Waals surface area contributed by atoms with Crippen molar-refractivity contribution in [1.82, 2.24) is 0 Å². The molecule has 2 amide bonds. The van der Waals surface area contributed by atoms with E-state index in [9.17, 15) is 14.0 Å². The molecule has 0 bridgehead atoms. The fourth-order valence-electron chi connectivity index (χ4n) is 2.43. The second kappa shape index (κ2) is 7.23. The maximum atomic E-state index is 13.8. The molecule has 0 aliphatic carbocycles. The largest absolute Gasteiger partial charge is 0.323 e. The number of hydrogen-bond acceptors (Lipinski definition) is 3. The number of carbonyl (C=O) groups is 2. The van der Waals surface area contributed by atoms with Gasteiger partial charge in [-0.25, -0.2) is 4.39 Å². The Kier molecular flexibility index (Phi) is 5.06. The molecule has 1 N–H and O–H groups in total. The molecule has 0 aromatic heterocycles. The lowest BCUT2D eigenvalue weighted by molar-refractivity contribution is -0.117. The van der Waals surface area contributed by atoms with E-state index in [0.29, 0.717) is 5.75 Å². The molecule has 3 rings (SSSR count). The minimum absolute atomic E-state index is 0.0356. The van der Waals surface area contributed by atoms with Gasteiger partial charge in [0.2, 0.25) is 11.8 Å². The summed E-state index contributed by atoms with van der Waals surface area (Å²) in [6.45, 7) is 0.241. The van der Waals surface area contributed by atoms with Crippen LogP contribution in [0.4, 0.5) is 15.8 Å². The topological polar surface area (TPSA) is 49.4 Å². The maximum absolute atomic E-state index is 13.8. The van der Waals surface area contributed by atoms with Crippen LogP contribution in [0.15, 0.2) is 47.4 Å². The van der Waals surface area contributed by atoms with Crippen LogP contribution in [0.25, 0.3) is 0 Å². The van der Waals surface area contributed by atoms with Crippen molar-refractivity contribution in [3.8, 4) is 0 Å². The second-order valence-electron chi connectivity index (χ2n) is 5.20. The Bertz CT molecular complexity index is 800. The number of hydrogen-bond donors (Lipinski definition) is 1. The van der Waals surface area contributed by atoms with E-state index in [4.69, 9.17) is 11.6 Å². The first-order chi connectivity index (χ1) is 11.6. The molecule has 124 valence electrons. The monoisotopic (exact) mass is 364 g/mol. The third-order valence-electron chi connectivity index (χ3n) is 3.60. The van der Waals surface area contributed by atoms with Crippen molar-refractivity contribution in [2.45, 2.75) is 11.3 Å². The number of anilines is 2. The molecule has 2 aromatic rings. The van der Waals surface area contributed by atoms with Crippen molar-refractivity contribution in [1.29, 1.82) is 0 Å². The zero-order valence-corrected chi connectivity index (χ0v) is 14.2. The fraction of sp³-hybridized carbons (Fsp3) is 0.176. The van der Waals surface area contributed by atoms with Gasteiger partial charge in [0.15, 0.2) is 5.82 Å². The zero-order chi connectivity index (χ0) is 17.1. The van der Waals surface area contributed by atoms with Crippen LogP contribution in [0, 0.1) is 5.82 Å². The maximum Gasteiger partial charge on any atom is 0.237 e. The second-order valence-corrected chi connectivity index (χ2v) is 6.63. The molecule has 0 saturated carbocycles. The van der Waals surface area contributed by atoms with Crippen LogP contribution in [0.3, 0.4) is 0 Å². The first-order valence-electron chi connectivity index (χ1n) is 7.32. The lowest BCUT2D eigenvalue weighted by Gasteiger charge is -2.28. The smallest absolute Gasteiger partial charge is 0.237 e. The number of nitrogens with zero attached hydrogens (tertiary/aromatic N) is 1. The van der Waals surface area contributed by atoms with Gasteiger partial charge in [0.25, 0.3) is 0 Å². The van der Waals surface area contributed by atoms with Crippen LogP contribution in [-0.2, 0) is 9.59 Å². The molecule has 2 aromatic carbocycles. The van der Waals surface area contributed by atoms with E-state index >= 15 is 0 Å². The molecule has 1 aliphatic heterocycles. The molecular formula is C17H14ClFN2O2S. The average molecular weight is 365 g/mol.